The lowest BCUT2D eigenvalue weighted by Gasteiger charge is -2.25. The number of carbonyl (C=O) groups excluding carboxylic acids is 1. The molecule has 0 aliphatic heterocycles. The molecule has 0 aliphatic carbocycles. The lowest BCUT2D eigenvalue weighted by molar-refractivity contribution is -0.133. The molecule has 0 heterocycles. The van der Waals surface area contributed by atoms with E-state index >= 15 is 0 Å². The highest BCUT2D eigenvalue weighted by Crippen LogP contribution is 2.16. The zero-order valence-electron chi connectivity index (χ0n) is 13.0. The minimum absolute atomic E-state index is 0.239. The topological polar surface area (TPSA) is 46.3 Å². The summed E-state index contributed by atoms with van der Waals surface area (Å²) in [6.07, 6.45) is 1.48. The van der Waals surface area contributed by atoms with Crippen LogP contribution >= 0.6 is 0 Å². The molecule has 1 amide bonds. The second-order valence-corrected chi connectivity index (χ2v) is 5.87. The molecule has 3 nitrogen and oxygen atoms in total. The molecule has 20 heavy (non-hydrogen) atoms. The highest BCUT2D eigenvalue weighted by atomic mass is 16.2. The largest absolute Gasteiger partial charge is 0.338 e. The summed E-state index contributed by atoms with van der Waals surface area (Å²) in [5, 5.41) is 0. The Morgan fingerprint density at radius 2 is 1.85 bits per heavy atom. The summed E-state index contributed by atoms with van der Waals surface area (Å²) < 4.78 is 0. The van der Waals surface area contributed by atoms with E-state index in [0.29, 0.717) is 31.3 Å². The van der Waals surface area contributed by atoms with Gasteiger partial charge < -0.3 is 10.6 Å². The first kappa shape index (κ1) is 16.7. The van der Waals surface area contributed by atoms with Gasteiger partial charge in [-0.2, -0.15) is 0 Å². The Balaban J connectivity index is 2.65. The molecule has 0 bridgehead atoms. The highest BCUT2D eigenvalue weighted by molar-refractivity contribution is 5.76. The molecule has 1 aromatic carbocycles. The van der Waals surface area contributed by atoms with E-state index in [1.165, 1.54) is 5.56 Å². The number of rotatable bonds is 8. The third kappa shape index (κ3) is 5.74. The average Bonchev–Trinajstić information content (AvgIpc) is 2.44. The Labute approximate surface area is 123 Å². The van der Waals surface area contributed by atoms with Gasteiger partial charge in [-0.25, -0.2) is 0 Å². The summed E-state index contributed by atoms with van der Waals surface area (Å²) in [5.41, 5.74) is 6.76. The van der Waals surface area contributed by atoms with Gasteiger partial charge >= 0.3 is 0 Å². The Kier molecular flexibility index (Phi) is 7.31. The molecule has 0 aromatic heterocycles. The molecule has 0 radical (unpaired) electrons. The van der Waals surface area contributed by atoms with Crippen molar-refractivity contribution in [3.8, 4) is 0 Å². The molecule has 1 rings (SSSR count). The Hall–Kier alpha value is -1.35. The summed E-state index contributed by atoms with van der Waals surface area (Å²) in [7, 11) is 0. The van der Waals surface area contributed by atoms with Crippen molar-refractivity contribution in [1.82, 2.24) is 4.90 Å². The predicted molar refractivity (Wildman–Crippen MR) is 84.1 cm³/mol. The fourth-order valence-corrected chi connectivity index (χ4v) is 2.02. The van der Waals surface area contributed by atoms with Crippen molar-refractivity contribution in [2.24, 2.45) is 17.6 Å². The van der Waals surface area contributed by atoms with Crippen LogP contribution in [0.25, 0.3) is 0 Å². The number of amides is 1. The SMILES string of the molecule is CC(C)C(C)CC(=O)N(CCCN)Cc1ccccc1. The number of hydrogen-bond acceptors (Lipinski definition) is 2. The van der Waals surface area contributed by atoms with Gasteiger partial charge in [0.15, 0.2) is 0 Å². The predicted octanol–water partition coefficient (Wildman–Crippen LogP) is 3.05. The number of nitrogens with two attached hydrogens (primary N) is 1. The van der Waals surface area contributed by atoms with Crippen molar-refractivity contribution in [2.75, 3.05) is 13.1 Å². The van der Waals surface area contributed by atoms with E-state index in [9.17, 15) is 4.79 Å². The van der Waals surface area contributed by atoms with Gasteiger partial charge in [-0.1, -0.05) is 51.1 Å². The van der Waals surface area contributed by atoms with Crippen LogP contribution in [0.5, 0.6) is 0 Å². The maximum Gasteiger partial charge on any atom is 0.223 e. The average molecular weight is 276 g/mol. The van der Waals surface area contributed by atoms with Gasteiger partial charge in [0.05, 0.1) is 0 Å². The van der Waals surface area contributed by atoms with Crippen molar-refractivity contribution in [3.63, 3.8) is 0 Å². The summed E-state index contributed by atoms with van der Waals surface area (Å²) in [4.78, 5) is 14.4. The van der Waals surface area contributed by atoms with Crippen LogP contribution in [0, 0.1) is 11.8 Å². The van der Waals surface area contributed by atoms with Crippen LogP contribution < -0.4 is 5.73 Å². The molecule has 1 aromatic rings. The second kappa shape index (κ2) is 8.75. The Morgan fingerprint density at radius 1 is 1.20 bits per heavy atom. The third-order valence-electron chi connectivity index (χ3n) is 3.84. The van der Waals surface area contributed by atoms with Gasteiger partial charge in [0.1, 0.15) is 0 Å². The van der Waals surface area contributed by atoms with Gasteiger partial charge in [0.2, 0.25) is 5.91 Å². The molecule has 3 heteroatoms. The third-order valence-corrected chi connectivity index (χ3v) is 3.84. The molecule has 112 valence electrons. The molecule has 1 unspecified atom stereocenters. The normalized spacial score (nSPS) is 12.4. The van der Waals surface area contributed by atoms with Gasteiger partial charge in [0, 0.05) is 19.5 Å². The van der Waals surface area contributed by atoms with Crippen molar-refractivity contribution in [1.29, 1.82) is 0 Å². The monoisotopic (exact) mass is 276 g/mol. The molecule has 2 N–H and O–H groups in total. The van der Waals surface area contributed by atoms with E-state index < -0.39 is 0 Å². The minimum atomic E-state index is 0.239. The van der Waals surface area contributed by atoms with Crippen LogP contribution in [0.3, 0.4) is 0 Å². The fraction of sp³-hybridized carbons (Fsp3) is 0.588. The minimum Gasteiger partial charge on any atom is -0.338 e. The van der Waals surface area contributed by atoms with E-state index in [2.05, 4.69) is 32.9 Å². The van der Waals surface area contributed by atoms with Crippen molar-refractivity contribution in [2.45, 2.75) is 40.2 Å². The Morgan fingerprint density at radius 3 is 2.40 bits per heavy atom. The summed E-state index contributed by atoms with van der Waals surface area (Å²) >= 11 is 0. The van der Waals surface area contributed by atoms with Crippen LogP contribution in [0.1, 0.15) is 39.2 Å². The number of carbonyl (C=O) groups is 1. The van der Waals surface area contributed by atoms with Crippen LogP contribution in [-0.2, 0) is 11.3 Å². The standard InChI is InChI=1S/C17H28N2O/c1-14(2)15(3)12-17(20)19(11-7-10-18)13-16-8-5-4-6-9-16/h4-6,8-9,14-15H,7,10-13,18H2,1-3H3. The van der Waals surface area contributed by atoms with Gasteiger partial charge in [-0.05, 0) is 30.4 Å². The zero-order chi connectivity index (χ0) is 15.0. The quantitative estimate of drug-likeness (QED) is 0.793. The second-order valence-electron chi connectivity index (χ2n) is 5.87. The van der Waals surface area contributed by atoms with E-state index in [4.69, 9.17) is 5.73 Å². The molecular formula is C17H28N2O. The highest BCUT2D eigenvalue weighted by Gasteiger charge is 2.18. The molecule has 0 fully saturated rings. The first-order chi connectivity index (χ1) is 9.54. The maximum absolute atomic E-state index is 12.5. The first-order valence-electron chi connectivity index (χ1n) is 7.56. The molecule has 0 saturated heterocycles. The van der Waals surface area contributed by atoms with Gasteiger partial charge in [-0.3, -0.25) is 4.79 Å². The number of hydrogen-bond donors (Lipinski definition) is 1. The molecule has 0 aliphatic rings. The maximum atomic E-state index is 12.5. The lowest BCUT2D eigenvalue weighted by Crippen LogP contribution is -2.34. The van der Waals surface area contributed by atoms with Gasteiger partial charge in [0.25, 0.3) is 0 Å². The van der Waals surface area contributed by atoms with E-state index in [-0.39, 0.29) is 5.91 Å². The molecule has 0 spiro atoms. The zero-order valence-corrected chi connectivity index (χ0v) is 13.0. The first-order valence-corrected chi connectivity index (χ1v) is 7.56. The lowest BCUT2D eigenvalue weighted by atomic mass is 9.94. The summed E-state index contributed by atoms with van der Waals surface area (Å²) in [5.74, 6) is 1.19. The summed E-state index contributed by atoms with van der Waals surface area (Å²) in [6, 6.07) is 10.1. The fourth-order valence-electron chi connectivity index (χ4n) is 2.02. The Bertz CT molecular complexity index is 389. The van der Waals surface area contributed by atoms with Crippen molar-refractivity contribution in [3.05, 3.63) is 35.9 Å². The summed E-state index contributed by atoms with van der Waals surface area (Å²) in [6.45, 7) is 8.53. The van der Waals surface area contributed by atoms with Crippen LogP contribution in [0.15, 0.2) is 30.3 Å². The number of benzene rings is 1. The van der Waals surface area contributed by atoms with Crippen LogP contribution in [-0.4, -0.2) is 23.9 Å². The van der Waals surface area contributed by atoms with Crippen LogP contribution in [0.4, 0.5) is 0 Å². The van der Waals surface area contributed by atoms with E-state index in [0.717, 1.165) is 13.0 Å². The van der Waals surface area contributed by atoms with E-state index in [1.54, 1.807) is 0 Å². The van der Waals surface area contributed by atoms with Gasteiger partial charge in [-0.15, -0.1) is 0 Å². The molecular weight excluding hydrogens is 248 g/mol. The van der Waals surface area contributed by atoms with Crippen molar-refractivity contribution >= 4 is 5.91 Å². The van der Waals surface area contributed by atoms with E-state index in [1.807, 2.05) is 23.1 Å². The number of nitrogens with zero attached hydrogens (tertiary/aromatic N) is 1. The van der Waals surface area contributed by atoms with Crippen molar-refractivity contribution < 1.29 is 4.79 Å². The molecule has 1 atom stereocenters. The van der Waals surface area contributed by atoms with Crippen LogP contribution in [0.2, 0.25) is 0 Å². The smallest absolute Gasteiger partial charge is 0.223 e. The molecule has 0 saturated carbocycles.